The standard InChI is InChI=1S/C18H21N7OS/c1-12-7-16(27-23-12)22-17-18-19-9-15(13-8-20-24(2)10-13)25(18)11-14(21-17)5-4-6-26-3/h7-11H,4-6H2,1-3H3,(H,21,22). The molecule has 27 heavy (non-hydrogen) atoms. The van der Waals surface area contributed by atoms with E-state index in [0.717, 1.165) is 52.0 Å². The van der Waals surface area contributed by atoms with Crippen molar-refractivity contribution in [2.24, 2.45) is 7.05 Å². The van der Waals surface area contributed by atoms with Crippen LogP contribution in [-0.2, 0) is 18.2 Å². The Balaban J connectivity index is 1.78. The van der Waals surface area contributed by atoms with Crippen molar-refractivity contribution in [3.05, 3.63) is 42.2 Å². The van der Waals surface area contributed by atoms with Crippen LogP contribution in [0.3, 0.4) is 0 Å². The Labute approximate surface area is 161 Å². The molecule has 0 amide bonds. The number of methoxy groups -OCH3 is 1. The highest BCUT2D eigenvalue weighted by Gasteiger charge is 2.15. The number of aromatic nitrogens is 6. The number of nitrogens with zero attached hydrogens (tertiary/aromatic N) is 6. The molecule has 0 aromatic carbocycles. The van der Waals surface area contributed by atoms with Crippen LogP contribution in [0.25, 0.3) is 16.9 Å². The molecule has 0 saturated heterocycles. The highest BCUT2D eigenvalue weighted by Crippen LogP contribution is 2.27. The van der Waals surface area contributed by atoms with Gasteiger partial charge in [-0.3, -0.25) is 9.08 Å². The van der Waals surface area contributed by atoms with Crippen molar-refractivity contribution in [3.63, 3.8) is 0 Å². The molecule has 0 aliphatic carbocycles. The van der Waals surface area contributed by atoms with Gasteiger partial charge in [0.05, 0.1) is 29.5 Å². The lowest BCUT2D eigenvalue weighted by Crippen LogP contribution is -2.04. The fraction of sp³-hybridized carbons (Fsp3) is 0.333. The highest BCUT2D eigenvalue weighted by molar-refractivity contribution is 7.10. The van der Waals surface area contributed by atoms with Crippen molar-refractivity contribution in [1.29, 1.82) is 0 Å². The lowest BCUT2D eigenvalue weighted by Gasteiger charge is -2.09. The zero-order chi connectivity index (χ0) is 18.8. The molecule has 1 N–H and O–H groups in total. The average Bonchev–Trinajstić information content (AvgIpc) is 3.35. The third kappa shape index (κ3) is 3.69. The van der Waals surface area contributed by atoms with Crippen LogP contribution in [0.5, 0.6) is 0 Å². The predicted molar refractivity (Wildman–Crippen MR) is 106 cm³/mol. The number of rotatable bonds is 7. The van der Waals surface area contributed by atoms with E-state index >= 15 is 0 Å². The van der Waals surface area contributed by atoms with Crippen molar-refractivity contribution >= 4 is 28.0 Å². The van der Waals surface area contributed by atoms with Crippen molar-refractivity contribution in [1.82, 2.24) is 28.5 Å². The number of hydrogen-bond donors (Lipinski definition) is 1. The van der Waals surface area contributed by atoms with E-state index in [2.05, 4.69) is 24.2 Å². The van der Waals surface area contributed by atoms with Crippen LogP contribution in [0.1, 0.15) is 17.8 Å². The van der Waals surface area contributed by atoms with Gasteiger partial charge in [0.25, 0.3) is 0 Å². The van der Waals surface area contributed by atoms with Gasteiger partial charge in [0.1, 0.15) is 5.00 Å². The highest BCUT2D eigenvalue weighted by atomic mass is 32.1. The van der Waals surface area contributed by atoms with Crippen molar-refractivity contribution < 1.29 is 4.74 Å². The molecule has 0 saturated carbocycles. The second kappa shape index (κ2) is 7.45. The summed E-state index contributed by atoms with van der Waals surface area (Å²) in [5, 5.41) is 8.60. The lowest BCUT2D eigenvalue weighted by molar-refractivity contribution is 0.195. The van der Waals surface area contributed by atoms with Gasteiger partial charge in [-0.15, -0.1) is 0 Å². The van der Waals surface area contributed by atoms with Crippen molar-refractivity contribution in [3.8, 4) is 11.3 Å². The predicted octanol–water partition coefficient (Wildman–Crippen LogP) is 3.22. The molecule has 4 rings (SSSR count). The Hall–Kier alpha value is -2.78. The summed E-state index contributed by atoms with van der Waals surface area (Å²) in [6.07, 6.45) is 9.46. The van der Waals surface area contributed by atoms with Crippen LogP contribution < -0.4 is 5.32 Å². The van der Waals surface area contributed by atoms with Gasteiger partial charge in [0.15, 0.2) is 11.5 Å². The van der Waals surface area contributed by atoms with Crippen LogP contribution >= 0.6 is 11.5 Å². The van der Waals surface area contributed by atoms with Gasteiger partial charge in [0, 0.05) is 38.7 Å². The van der Waals surface area contributed by atoms with Gasteiger partial charge < -0.3 is 10.1 Å². The number of aryl methyl sites for hydroxylation is 3. The molecule has 140 valence electrons. The molecular formula is C18H21N7OS. The van der Waals surface area contributed by atoms with E-state index in [1.54, 1.807) is 11.8 Å². The van der Waals surface area contributed by atoms with Gasteiger partial charge in [-0.05, 0) is 37.4 Å². The monoisotopic (exact) mass is 383 g/mol. The summed E-state index contributed by atoms with van der Waals surface area (Å²) < 4.78 is 13.4. The van der Waals surface area contributed by atoms with Crippen LogP contribution in [0.15, 0.2) is 30.9 Å². The second-order valence-electron chi connectivity index (χ2n) is 6.37. The summed E-state index contributed by atoms with van der Waals surface area (Å²) >= 11 is 1.42. The minimum absolute atomic E-state index is 0.704. The number of ether oxygens (including phenoxy) is 1. The molecule has 0 unspecified atom stereocenters. The molecule has 4 heterocycles. The van der Waals surface area contributed by atoms with Crippen molar-refractivity contribution in [2.75, 3.05) is 19.0 Å². The molecule has 9 heteroatoms. The molecule has 0 radical (unpaired) electrons. The molecule has 0 atom stereocenters. The third-order valence-electron chi connectivity index (χ3n) is 4.19. The first-order chi connectivity index (χ1) is 13.1. The lowest BCUT2D eigenvalue weighted by atomic mass is 10.2. The summed E-state index contributed by atoms with van der Waals surface area (Å²) in [6, 6.07) is 2.01. The fourth-order valence-corrected chi connectivity index (χ4v) is 3.61. The molecule has 4 aromatic heterocycles. The van der Waals surface area contributed by atoms with E-state index in [1.165, 1.54) is 11.5 Å². The Kier molecular flexibility index (Phi) is 4.87. The maximum absolute atomic E-state index is 5.18. The minimum Gasteiger partial charge on any atom is -0.385 e. The zero-order valence-corrected chi connectivity index (χ0v) is 16.3. The second-order valence-corrected chi connectivity index (χ2v) is 7.18. The minimum atomic E-state index is 0.704. The van der Waals surface area contributed by atoms with E-state index in [9.17, 15) is 0 Å². The first-order valence-electron chi connectivity index (χ1n) is 8.69. The fourth-order valence-electron chi connectivity index (χ4n) is 2.95. The number of fused-ring (bicyclic) bond motifs is 1. The molecule has 0 aliphatic heterocycles. The largest absolute Gasteiger partial charge is 0.385 e. The smallest absolute Gasteiger partial charge is 0.180 e. The third-order valence-corrected chi connectivity index (χ3v) is 4.99. The van der Waals surface area contributed by atoms with E-state index in [0.29, 0.717) is 6.61 Å². The van der Waals surface area contributed by atoms with E-state index in [1.807, 2.05) is 44.8 Å². The molecule has 8 nitrogen and oxygen atoms in total. The SMILES string of the molecule is COCCCc1cn2c(-c3cnn(C)c3)cnc2c(Nc2cc(C)ns2)n1. The van der Waals surface area contributed by atoms with Crippen LogP contribution in [0.4, 0.5) is 10.8 Å². The van der Waals surface area contributed by atoms with Gasteiger partial charge in [-0.1, -0.05) is 0 Å². The van der Waals surface area contributed by atoms with E-state index < -0.39 is 0 Å². The molecule has 0 fully saturated rings. The quantitative estimate of drug-likeness (QED) is 0.494. The van der Waals surface area contributed by atoms with Crippen molar-refractivity contribution in [2.45, 2.75) is 19.8 Å². The molecule has 4 aromatic rings. The van der Waals surface area contributed by atoms with E-state index in [-0.39, 0.29) is 0 Å². The summed E-state index contributed by atoms with van der Waals surface area (Å²) in [6.45, 7) is 2.68. The number of imidazole rings is 1. The Morgan fingerprint density at radius 3 is 2.85 bits per heavy atom. The van der Waals surface area contributed by atoms with Gasteiger partial charge in [-0.25, -0.2) is 9.97 Å². The summed E-state index contributed by atoms with van der Waals surface area (Å²) in [4.78, 5) is 9.40. The normalized spacial score (nSPS) is 11.4. The van der Waals surface area contributed by atoms with E-state index in [4.69, 9.17) is 9.72 Å². The average molecular weight is 383 g/mol. The zero-order valence-electron chi connectivity index (χ0n) is 15.5. The van der Waals surface area contributed by atoms with Gasteiger partial charge >= 0.3 is 0 Å². The van der Waals surface area contributed by atoms with Crippen LogP contribution in [-0.4, -0.2) is 42.2 Å². The molecular weight excluding hydrogens is 362 g/mol. The van der Waals surface area contributed by atoms with Gasteiger partial charge in [0.2, 0.25) is 0 Å². The Morgan fingerprint density at radius 2 is 2.15 bits per heavy atom. The molecule has 0 bridgehead atoms. The number of anilines is 2. The maximum atomic E-state index is 5.18. The topological polar surface area (TPSA) is 82.2 Å². The first kappa shape index (κ1) is 17.6. The Morgan fingerprint density at radius 1 is 1.26 bits per heavy atom. The summed E-state index contributed by atoms with van der Waals surface area (Å²) in [7, 11) is 3.62. The van der Waals surface area contributed by atoms with Crippen LogP contribution in [0, 0.1) is 6.92 Å². The first-order valence-corrected chi connectivity index (χ1v) is 9.46. The maximum Gasteiger partial charge on any atom is 0.180 e. The van der Waals surface area contributed by atoms with Crippen LogP contribution in [0.2, 0.25) is 0 Å². The number of hydrogen-bond acceptors (Lipinski definition) is 7. The molecule has 0 aliphatic rings. The summed E-state index contributed by atoms with van der Waals surface area (Å²) in [5.41, 5.74) is 4.73. The molecule has 0 spiro atoms. The summed E-state index contributed by atoms with van der Waals surface area (Å²) in [5.74, 6) is 0.726. The van der Waals surface area contributed by atoms with Gasteiger partial charge in [-0.2, -0.15) is 9.47 Å². The Bertz CT molecular complexity index is 1060. The number of nitrogens with one attached hydrogen (secondary N) is 1.